The number of H-pyrrole nitrogens is 1. The maximum Gasteiger partial charge on any atom is 0.251 e. The van der Waals surface area contributed by atoms with Crippen LogP contribution in [0.3, 0.4) is 0 Å². The number of piperazine rings is 1. The third-order valence-electron chi connectivity index (χ3n) is 7.76. The Kier molecular flexibility index (Phi) is 7.48. The van der Waals surface area contributed by atoms with Gasteiger partial charge in [-0.25, -0.2) is 0 Å². The third-order valence-corrected chi connectivity index (χ3v) is 7.76. The van der Waals surface area contributed by atoms with Crippen molar-refractivity contribution < 1.29 is 14.6 Å². The Balaban J connectivity index is 0.000000503. The van der Waals surface area contributed by atoms with E-state index in [1.54, 1.807) is 19.2 Å². The van der Waals surface area contributed by atoms with Gasteiger partial charge in [0.15, 0.2) is 5.88 Å². The van der Waals surface area contributed by atoms with E-state index in [-0.39, 0.29) is 11.8 Å². The molecule has 196 valence electrons. The molecular formula is C29H37N5O3. The Morgan fingerprint density at radius 3 is 2.41 bits per heavy atom. The highest BCUT2D eigenvalue weighted by molar-refractivity contribution is 6.14. The average molecular weight is 504 g/mol. The normalized spacial score (nSPS) is 21.4. The number of carbonyl (C=O) groups is 1. The number of aromatic amines is 1. The molecule has 4 saturated heterocycles. The number of nitrogens with zero attached hydrogens (tertiary/aromatic N) is 3. The van der Waals surface area contributed by atoms with E-state index in [4.69, 9.17) is 9.73 Å². The number of hydrogen-bond acceptors (Lipinski definition) is 6. The Labute approximate surface area is 218 Å². The topological polar surface area (TPSA) is 93.2 Å². The number of piperidine rings is 1. The first-order valence-corrected chi connectivity index (χ1v) is 13.3. The maximum atomic E-state index is 12.1. The predicted molar refractivity (Wildman–Crippen MR) is 149 cm³/mol. The number of nitrogens with one attached hydrogen (secondary N) is 2. The Morgan fingerprint density at radius 1 is 1.14 bits per heavy atom. The smallest absolute Gasteiger partial charge is 0.251 e. The van der Waals surface area contributed by atoms with Crippen molar-refractivity contribution in [2.24, 2.45) is 4.99 Å². The van der Waals surface area contributed by atoms with Crippen LogP contribution in [0.4, 0.5) is 11.4 Å². The van der Waals surface area contributed by atoms with Gasteiger partial charge in [-0.05, 0) is 75.2 Å². The van der Waals surface area contributed by atoms with Crippen molar-refractivity contribution in [1.29, 1.82) is 0 Å². The number of aromatic hydroxyl groups is 1. The molecule has 0 aliphatic carbocycles. The first-order chi connectivity index (χ1) is 18.0. The highest BCUT2D eigenvalue weighted by atomic mass is 16.5. The lowest BCUT2D eigenvalue weighted by atomic mass is 9.88. The lowest BCUT2D eigenvalue weighted by Crippen LogP contribution is -2.67. The molecule has 0 saturated carbocycles. The molecule has 0 spiro atoms. The zero-order valence-electron chi connectivity index (χ0n) is 22.0. The lowest BCUT2D eigenvalue weighted by molar-refractivity contribution is 0.0264. The summed E-state index contributed by atoms with van der Waals surface area (Å²) in [7, 11) is 3.83. The summed E-state index contributed by atoms with van der Waals surface area (Å²) in [6.07, 6.45) is 4.51. The van der Waals surface area contributed by atoms with Gasteiger partial charge in [0.1, 0.15) is 0 Å². The number of anilines is 1. The molecule has 4 aliphatic rings. The second kappa shape index (κ2) is 10.9. The molecule has 8 nitrogen and oxygen atoms in total. The third kappa shape index (κ3) is 5.22. The van der Waals surface area contributed by atoms with Crippen LogP contribution in [-0.4, -0.2) is 79.1 Å². The van der Waals surface area contributed by atoms with Gasteiger partial charge in [-0.2, -0.15) is 0 Å². The quantitative estimate of drug-likeness (QED) is 0.447. The highest BCUT2D eigenvalue weighted by Gasteiger charge is 2.42. The number of amides is 1. The van der Waals surface area contributed by atoms with Crippen LogP contribution in [0.1, 0.15) is 48.5 Å². The summed E-state index contributed by atoms with van der Waals surface area (Å²) in [5, 5.41) is 14.1. The minimum Gasteiger partial charge on any atom is -0.494 e. The number of ether oxygens (including phenoxy) is 1. The van der Waals surface area contributed by atoms with E-state index in [0.29, 0.717) is 29.6 Å². The molecule has 5 heterocycles. The number of likely N-dealkylation sites (N-methyl/N-ethyl adjacent to an activating group) is 1. The van der Waals surface area contributed by atoms with Crippen LogP contribution in [0, 0.1) is 0 Å². The van der Waals surface area contributed by atoms with Crippen LogP contribution in [0.25, 0.3) is 10.9 Å². The molecule has 3 N–H and O–H groups in total. The Bertz CT molecular complexity index is 1260. The van der Waals surface area contributed by atoms with Gasteiger partial charge < -0.3 is 25.0 Å². The van der Waals surface area contributed by atoms with Crippen LogP contribution in [-0.2, 0) is 4.74 Å². The molecule has 2 bridgehead atoms. The van der Waals surface area contributed by atoms with Crippen molar-refractivity contribution in [2.45, 2.75) is 44.7 Å². The van der Waals surface area contributed by atoms with E-state index in [0.717, 1.165) is 48.6 Å². The van der Waals surface area contributed by atoms with Gasteiger partial charge in [0, 0.05) is 67.6 Å². The van der Waals surface area contributed by atoms with E-state index in [1.165, 1.54) is 24.9 Å². The summed E-state index contributed by atoms with van der Waals surface area (Å²) < 4.78 is 4.94. The monoisotopic (exact) mass is 503 g/mol. The van der Waals surface area contributed by atoms with Crippen LogP contribution in [0.2, 0.25) is 0 Å². The molecule has 37 heavy (non-hydrogen) atoms. The van der Waals surface area contributed by atoms with Crippen molar-refractivity contribution in [1.82, 2.24) is 15.2 Å². The van der Waals surface area contributed by atoms with Gasteiger partial charge in [-0.1, -0.05) is 6.92 Å². The Morgan fingerprint density at radius 2 is 1.84 bits per heavy atom. The van der Waals surface area contributed by atoms with Gasteiger partial charge in [0.2, 0.25) is 0 Å². The predicted octanol–water partition coefficient (Wildman–Crippen LogP) is 4.45. The molecule has 4 fully saturated rings. The number of aromatic nitrogens is 1. The first-order valence-electron chi connectivity index (χ1n) is 13.3. The molecule has 4 aliphatic heterocycles. The lowest BCUT2D eigenvalue weighted by Gasteiger charge is -2.55. The van der Waals surface area contributed by atoms with Gasteiger partial charge >= 0.3 is 0 Å². The zero-order valence-corrected chi connectivity index (χ0v) is 22.0. The van der Waals surface area contributed by atoms with Crippen LogP contribution >= 0.6 is 0 Å². The van der Waals surface area contributed by atoms with Crippen molar-refractivity contribution in [3.8, 4) is 5.88 Å². The number of hydrogen-bond donors (Lipinski definition) is 3. The standard InChI is InChI=1S/C25H29N5O2.C4H8O/c1-4-21(23-20-11-15(24(31)26-2)5-10-22(20)28-25(23)32)27-16-6-8-17(9-7-16)30-13-18-12-19(14-30)29(18)3;1-2-4-5-3-1/h5-11,18-19,28,32H,4,12-14H2,1-3H3,(H,26,31);1-4H2. The van der Waals surface area contributed by atoms with Gasteiger partial charge in [-0.3, -0.25) is 14.7 Å². The van der Waals surface area contributed by atoms with Crippen molar-refractivity contribution in [3.63, 3.8) is 0 Å². The van der Waals surface area contributed by atoms with Gasteiger partial charge in [-0.15, -0.1) is 0 Å². The number of benzene rings is 2. The fourth-order valence-electron chi connectivity index (χ4n) is 5.48. The van der Waals surface area contributed by atoms with Gasteiger partial charge in [0.05, 0.1) is 17.0 Å². The Hall–Kier alpha value is -3.36. The molecule has 1 aromatic heterocycles. The van der Waals surface area contributed by atoms with E-state index < -0.39 is 0 Å². The second-order valence-corrected chi connectivity index (χ2v) is 10.0. The minimum absolute atomic E-state index is 0.0722. The molecule has 2 aromatic carbocycles. The van der Waals surface area contributed by atoms with Crippen LogP contribution in [0.15, 0.2) is 47.5 Å². The zero-order chi connectivity index (χ0) is 25.9. The fourth-order valence-corrected chi connectivity index (χ4v) is 5.48. The minimum atomic E-state index is -0.161. The number of carbonyl (C=O) groups excluding carboxylic acids is 1. The van der Waals surface area contributed by atoms with E-state index in [2.05, 4.69) is 39.3 Å². The molecule has 1 amide bonds. The van der Waals surface area contributed by atoms with Crippen molar-refractivity contribution in [3.05, 3.63) is 53.6 Å². The van der Waals surface area contributed by atoms with Crippen LogP contribution < -0.4 is 10.2 Å². The maximum absolute atomic E-state index is 12.1. The van der Waals surface area contributed by atoms with Gasteiger partial charge in [0.25, 0.3) is 5.91 Å². The average Bonchev–Trinajstić information content (AvgIpc) is 3.62. The van der Waals surface area contributed by atoms with E-state index in [1.807, 2.05) is 25.1 Å². The van der Waals surface area contributed by atoms with Crippen molar-refractivity contribution >= 4 is 33.9 Å². The number of fused-ring (bicyclic) bond motifs is 3. The van der Waals surface area contributed by atoms with Crippen LogP contribution in [0.5, 0.6) is 5.88 Å². The van der Waals surface area contributed by atoms with E-state index >= 15 is 0 Å². The molecule has 7 rings (SSSR count). The second-order valence-electron chi connectivity index (χ2n) is 10.0. The fraction of sp³-hybridized carbons (Fsp3) is 0.448. The highest BCUT2D eigenvalue weighted by Crippen LogP contribution is 2.34. The summed E-state index contributed by atoms with van der Waals surface area (Å²) in [4.78, 5) is 24.9. The largest absolute Gasteiger partial charge is 0.494 e. The molecule has 2 unspecified atom stereocenters. The van der Waals surface area contributed by atoms with E-state index in [9.17, 15) is 9.90 Å². The molecule has 0 radical (unpaired) electrons. The summed E-state index contributed by atoms with van der Waals surface area (Å²) in [6, 6.07) is 15.0. The summed E-state index contributed by atoms with van der Waals surface area (Å²) >= 11 is 0. The van der Waals surface area contributed by atoms with Crippen molar-refractivity contribution in [2.75, 3.05) is 45.3 Å². The molecule has 3 aromatic rings. The number of aliphatic imine (C=N–C) groups is 1. The SMILES string of the molecule is C1CCOC1.CCC(=Nc1ccc(N2CC3CC(C2)N3C)cc1)c1c(O)[nH]c2ccc(C(=O)NC)cc12. The first kappa shape index (κ1) is 25.3. The summed E-state index contributed by atoms with van der Waals surface area (Å²) in [6.45, 7) is 6.17. The summed E-state index contributed by atoms with van der Waals surface area (Å²) in [5.74, 6) is -0.0893. The molecule has 8 heteroatoms. The molecule has 2 atom stereocenters. The number of rotatable bonds is 5. The summed E-state index contributed by atoms with van der Waals surface area (Å²) in [5.41, 5.74) is 4.82. The molecular weight excluding hydrogens is 466 g/mol.